The van der Waals surface area contributed by atoms with Crippen LogP contribution < -0.4 is 5.32 Å². The second-order valence-electron chi connectivity index (χ2n) is 5.68. The highest BCUT2D eigenvalue weighted by atomic mass is 16.2. The molecular weight excluding hydrogens is 302 g/mol. The molecule has 0 fully saturated rings. The highest BCUT2D eigenvalue weighted by Gasteiger charge is 2.13. The van der Waals surface area contributed by atoms with Crippen LogP contribution in [0.3, 0.4) is 0 Å². The summed E-state index contributed by atoms with van der Waals surface area (Å²) in [6.07, 6.45) is 4.87. The molecule has 1 aromatic carbocycles. The van der Waals surface area contributed by atoms with Crippen LogP contribution in [-0.2, 0) is 22.4 Å². The molecule has 2 amide bonds. The van der Waals surface area contributed by atoms with Crippen molar-refractivity contribution in [2.24, 2.45) is 0 Å². The minimum atomic E-state index is -0.230. The molecule has 2 aromatic rings. The summed E-state index contributed by atoms with van der Waals surface area (Å²) in [7, 11) is 1.72. The minimum Gasteiger partial charge on any atom is -0.355 e. The van der Waals surface area contributed by atoms with Gasteiger partial charge in [-0.2, -0.15) is 0 Å². The van der Waals surface area contributed by atoms with Crippen LogP contribution in [0.4, 0.5) is 0 Å². The minimum absolute atomic E-state index is 0.109. The summed E-state index contributed by atoms with van der Waals surface area (Å²) >= 11 is 0. The number of amides is 2. The number of likely N-dealkylation sites (N-methyl/N-ethyl adjacent to an activating group) is 1. The fourth-order valence-corrected chi connectivity index (χ4v) is 2.30. The predicted molar refractivity (Wildman–Crippen MR) is 93.4 cm³/mol. The second kappa shape index (κ2) is 9.45. The van der Waals surface area contributed by atoms with Gasteiger partial charge < -0.3 is 10.2 Å². The number of carbonyl (C=O) groups excluding carboxylic acids is 2. The summed E-state index contributed by atoms with van der Waals surface area (Å²) in [6, 6.07) is 13.8. The monoisotopic (exact) mass is 325 g/mol. The average Bonchev–Trinajstić information content (AvgIpc) is 2.61. The standard InChI is InChI=1S/C19H23N3O2/c1-22(14-10-17-7-11-20-12-8-17)19(24)15-18(23)21-13-9-16-5-3-2-4-6-16/h2-8,11-12H,9-10,13-15H2,1H3,(H,21,23). The van der Waals surface area contributed by atoms with Crippen LogP contribution in [-0.4, -0.2) is 41.8 Å². The molecule has 1 N–H and O–H groups in total. The number of pyridine rings is 1. The van der Waals surface area contributed by atoms with Crippen molar-refractivity contribution in [2.75, 3.05) is 20.1 Å². The number of nitrogens with zero attached hydrogens (tertiary/aromatic N) is 2. The smallest absolute Gasteiger partial charge is 0.231 e. The number of hydrogen-bond acceptors (Lipinski definition) is 3. The van der Waals surface area contributed by atoms with Gasteiger partial charge >= 0.3 is 0 Å². The van der Waals surface area contributed by atoms with Crippen LogP contribution in [0.15, 0.2) is 54.9 Å². The molecule has 0 aliphatic rings. The van der Waals surface area contributed by atoms with Crippen LogP contribution in [0, 0.1) is 0 Å². The lowest BCUT2D eigenvalue weighted by Gasteiger charge is -2.17. The van der Waals surface area contributed by atoms with Gasteiger partial charge in [0.25, 0.3) is 0 Å². The van der Waals surface area contributed by atoms with E-state index in [0.29, 0.717) is 13.1 Å². The first-order valence-electron chi connectivity index (χ1n) is 8.08. The fourth-order valence-electron chi connectivity index (χ4n) is 2.30. The summed E-state index contributed by atoms with van der Waals surface area (Å²) in [6.45, 7) is 1.12. The summed E-state index contributed by atoms with van der Waals surface area (Å²) < 4.78 is 0. The molecular formula is C19H23N3O2. The molecule has 1 aromatic heterocycles. The van der Waals surface area contributed by atoms with Crippen molar-refractivity contribution < 1.29 is 9.59 Å². The van der Waals surface area contributed by atoms with E-state index in [-0.39, 0.29) is 18.2 Å². The largest absolute Gasteiger partial charge is 0.355 e. The highest BCUT2D eigenvalue weighted by Crippen LogP contribution is 2.01. The molecule has 0 bridgehead atoms. The lowest BCUT2D eigenvalue weighted by atomic mass is 10.1. The van der Waals surface area contributed by atoms with E-state index in [9.17, 15) is 9.59 Å². The third-order valence-electron chi connectivity index (χ3n) is 3.80. The van der Waals surface area contributed by atoms with E-state index < -0.39 is 0 Å². The van der Waals surface area contributed by atoms with Gasteiger partial charge in [0.05, 0.1) is 0 Å². The molecule has 24 heavy (non-hydrogen) atoms. The van der Waals surface area contributed by atoms with Gasteiger partial charge in [-0.25, -0.2) is 0 Å². The van der Waals surface area contributed by atoms with E-state index in [1.54, 1.807) is 24.3 Å². The van der Waals surface area contributed by atoms with Crippen LogP contribution in [0.1, 0.15) is 17.5 Å². The van der Waals surface area contributed by atoms with Gasteiger partial charge in [0.2, 0.25) is 11.8 Å². The number of carbonyl (C=O) groups is 2. The molecule has 2 rings (SSSR count). The van der Waals surface area contributed by atoms with Gasteiger partial charge in [0.1, 0.15) is 6.42 Å². The van der Waals surface area contributed by atoms with E-state index in [2.05, 4.69) is 10.3 Å². The first-order valence-corrected chi connectivity index (χ1v) is 8.08. The van der Waals surface area contributed by atoms with Gasteiger partial charge in [0.15, 0.2) is 0 Å². The molecule has 1 heterocycles. The molecule has 0 aliphatic heterocycles. The number of rotatable bonds is 8. The van der Waals surface area contributed by atoms with Gasteiger partial charge in [-0.15, -0.1) is 0 Å². The Hall–Kier alpha value is -2.69. The highest BCUT2D eigenvalue weighted by molar-refractivity contribution is 5.96. The Bertz CT molecular complexity index is 644. The number of nitrogens with one attached hydrogen (secondary N) is 1. The lowest BCUT2D eigenvalue weighted by molar-refractivity contribution is -0.135. The van der Waals surface area contributed by atoms with Crippen molar-refractivity contribution in [3.63, 3.8) is 0 Å². The predicted octanol–water partition coefficient (Wildman–Crippen LogP) is 1.83. The zero-order chi connectivity index (χ0) is 17.2. The van der Waals surface area contributed by atoms with Crippen molar-refractivity contribution in [1.29, 1.82) is 0 Å². The first kappa shape index (κ1) is 17.7. The van der Waals surface area contributed by atoms with Crippen LogP contribution in [0.2, 0.25) is 0 Å². The quantitative estimate of drug-likeness (QED) is 0.753. The fraction of sp³-hybridized carbons (Fsp3) is 0.316. The van der Waals surface area contributed by atoms with Crippen molar-refractivity contribution in [2.45, 2.75) is 19.3 Å². The zero-order valence-corrected chi connectivity index (χ0v) is 13.9. The number of hydrogen-bond donors (Lipinski definition) is 1. The molecule has 0 radical (unpaired) electrons. The Kier molecular flexibility index (Phi) is 6.95. The normalized spacial score (nSPS) is 10.2. The average molecular weight is 325 g/mol. The Balaban J connectivity index is 1.66. The van der Waals surface area contributed by atoms with Crippen molar-refractivity contribution >= 4 is 11.8 Å². The summed E-state index contributed by atoms with van der Waals surface area (Å²) in [4.78, 5) is 29.5. The van der Waals surface area contributed by atoms with Gasteiger partial charge in [0, 0.05) is 32.5 Å². The maximum atomic E-state index is 12.1. The summed E-state index contributed by atoms with van der Waals surface area (Å²) in [5.41, 5.74) is 2.29. The second-order valence-corrected chi connectivity index (χ2v) is 5.68. The Labute approximate surface area is 142 Å². The Morgan fingerprint density at radius 1 is 1.00 bits per heavy atom. The Morgan fingerprint density at radius 2 is 1.67 bits per heavy atom. The van der Waals surface area contributed by atoms with Gasteiger partial charge in [-0.05, 0) is 36.1 Å². The lowest BCUT2D eigenvalue weighted by Crippen LogP contribution is -2.35. The van der Waals surface area contributed by atoms with Gasteiger partial charge in [-0.1, -0.05) is 30.3 Å². The molecule has 0 atom stereocenters. The van der Waals surface area contributed by atoms with Crippen LogP contribution in [0.5, 0.6) is 0 Å². The maximum Gasteiger partial charge on any atom is 0.231 e. The van der Waals surface area contributed by atoms with Crippen LogP contribution >= 0.6 is 0 Å². The van der Waals surface area contributed by atoms with E-state index in [4.69, 9.17) is 0 Å². The first-order chi connectivity index (χ1) is 11.6. The molecule has 0 saturated heterocycles. The number of benzene rings is 1. The SMILES string of the molecule is CN(CCc1ccncc1)C(=O)CC(=O)NCCc1ccccc1. The third kappa shape index (κ3) is 6.20. The third-order valence-corrected chi connectivity index (χ3v) is 3.80. The number of aromatic nitrogens is 1. The zero-order valence-electron chi connectivity index (χ0n) is 13.9. The summed E-state index contributed by atoms with van der Waals surface area (Å²) in [5, 5.41) is 2.80. The van der Waals surface area contributed by atoms with Crippen molar-refractivity contribution in [1.82, 2.24) is 15.2 Å². The van der Waals surface area contributed by atoms with E-state index in [1.807, 2.05) is 42.5 Å². The molecule has 0 unspecified atom stereocenters. The molecule has 0 aliphatic carbocycles. The molecule has 5 nitrogen and oxygen atoms in total. The van der Waals surface area contributed by atoms with Gasteiger partial charge in [-0.3, -0.25) is 14.6 Å². The molecule has 5 heteroatoms. The molecule has 0 saturated carbocycles. The van der Waals surface area contributed by atoms with Crippen molar-refractivity contribution in [3.05, 3.63) is 66.0 Å². The van der Waals surface area contributed by atoms with E-state index >= 15 is 0 Å². The Morgan fingerprint density at radius 3 is 2.38 bits per heavy atom. The summed E-state index contributed by atoms with van der Waals surface area (Å²) in [5.74, 6) is -0.395. The van der Waals surface area contributed by atoms with E-state index in [1.165, 1.54) is 5.56 Å². The molecule has 126 valence electrons. The maximum absolute atomic E-state index is 12.1. The topological polar surface area (TPSA) is 62.3 Å². The molecule has 0 spiro atoms. The van der Waals surface area contributed by atoms with E-state index in [0.717, 1.165) is 18.4 Å². The van der Waals surface area contributed by atoms with Crippen molar-refractivity contribution in [3.8, 4) is 0 Å². The van der Waals surface area contributed by atoms with Crippen LogP contribution in [0.25, 0.3) is 0 Å².